The van der Waals surface area contributed by atoms with E-state index in [2.05, 4.69) is 4.98 Å². The van der Waals surface area contributed by atoms with Crippen molar-refractivity contribution in [3.63, 3.8) is 0 Å². The molecule has 3 rings (SSSR count). The van der Waals surface area contributed by atoms with Crippen LogP contribution in [0.15, 0.2) is 36.5 Å². The lowest BCUT2D eigenvalue weighted by atomic mass is 9.93. The summed E-state index contributed by atoms with van der Waals surface area (Å²) in [5.74, 6) is 0.359. The second-order valence-electron chi connectivity index (χ2n) is 4.42. The van der Waals surface area contributed by atoms with Crippen LogP contribution in [0.2, 0.25) is 0 Å². The third kappa shape index (κ3) is 2.57. The second-order valence-corrected chi connectivity index (χ2v) is 4.42. The molecule has 0 amide bonds. The van der Waals surface area contributed by atoms with Crippen molar-refractivity contribution in [2.75, 3.05) is 6.61 Å². The van der Waals surface area contributed by atoms with E-state index in [1.54, 1.807) is 6.07 Å². The van der Waals surface area contributed by atoms with Gasteiger partial charge in [0.15, 0.2) is 0 Å². The maximum Gasteiger partial charge on any atom is 0.213 e. The number of nitrogens with zero attached hydrogens (tertiary/aromatic N) is 1. The summed E-state index contributed by atoms with van der Waals surface area (Å²) in [6.07, 6.45) is 2.21. The first-order valence-electron chi connectivity index (χ1n) is 5.86. The number of halogens is 1. The van der Waals surface area contributed by atoms with Gasteiger partial charge in [-0.3, -0.25) is 0 Å². The summed E-state index contributed by atoms with van der Waals surface area (Å²) in [5, 5.41) is 0. The van der Waals surface area contributed by atoms with Crippen LogP contribution in [0.4, 0.5) is 4.39 Å². The minimum Gasteiger partial charge on any atom is -0.492 e. The molecule has 0 saturated carbocycles. The predicted octanol–water partition coefficient (Wildman–Crippen LogP) is 2.31. The van der Waals surface area contributed by atoms with E-state index in [4.69, 9.17) is 10.5 Å². The summed E-state index contributed by atoms with van der Waals surface area (Å²) in [5.41, 5.74) is 8.72. The summed E-state index contributed by atoms with van der Waals surface area (Å²) in [6, 6.07) is 8.99. The van der Waals surface area contributed by atoms with Gasteiger partial charge in [-0.05, 0) is 29.7 Å². The first kappa shape index (κ1) is 13.5. The van der Waals surface area contributed by atoms with E-state index in [-0.39, 0.29) is 12.2 Å². The Hall–Kier alpha value is -1.98. The zero-order valence-corrected chi connectivity index (χ0v) is 10.5. The lowest BCUT2D eigenvalue weighted by Crippen LogP contribution is -2.34. The summed E-state index contributed by atoms with van der Waals surface area (Å²) in [4.78, 5) is 3.57. The number of fused-ring (bicyclic) bond motifs is 1. The molecule has 5 heteroatoms. The molecule has 5 N–H and O–H groups in total. The Morgan fingerprint density at radius 1 is 1.32 bits per heavy atom. The first-order valence-corrected chi connectivity index (χ1v) is 5.86. The van der Waals surface area contributed by atoms with E-state index in [0.717, 1.165) is 28.9 Å². The zero-order valence-electron chi connectivity index (χ0n) is 10.5. The minimum atomic E-state index is -0.480. The van der Waals surface area contributed by atoms with E-state index in [1.807, 2.05) is 18.2 Å². The van der Waals surface area contributed by atoms with Crippen LogP contribution in [-0.4, -0.2) is 17.6 Å². The van der Waals surface area contributed by atoms with Crippen LogP contribution in [0.5, 0.6) is 5.75 Å². The van der Waals surface area contributed by atoms with Crippen LogP contribution in [0.1, 0.15) is 5.56 Å². The van der Waals surface area contributed by atoms with E-state index in [0.29, 0.717) is 6.61 Å². The third-order valence-corrected chi connectivity index (χ3v) is 3.09. The van der Waals surface area contributed by atoms with Crippen LogP contribution in [0, 0.1) is 5.95 Å². The lowest BCUT2D eigenvalue weighted by molar-refractivity contribution is 0.264. The highest BCUT2D eigenvalue weighted by Crippen LogP contribution is 2.33. The number of pyridine rings is 1. The standard InChI is InChI=1S/C14H13FN2O.H3N/c15-14-6-9(4-5-17-14)11-2-1-3-13-12(11)7-10(16)8-18-13;/h1-6,10H,7-8,16H2;1H3/t10-;/m0./s1. The van der Waals surface area contributed by atoms with Crippen LogP contribution < -0.4 is 16.6 Å². The molecule has 1 aliphatic rings. The highest BCUT2D eigenvalue weighted by Gasteiger charge is 2.20. The topological polar surface area (TPSA) is 83.1 Å². The van der Waals surface area contributed by atoms with Crippen LogP contribution in [0.25, 0.3) is 11.1 Å². The van der Waals surface area contributed by atoms with Gasteiger partial charge in [0.2, 0.25) is 5.95 Å². The van der Waals surface area contributed by atoms with Crippen molar-refractivity contribution in [3.05, 3.63) is 48.0 Å². The minimum absolute atomic E-state index is 0. The van der Waals surface area contributed by atoms with Gasteiger partial charge in [-0.1, -0.05) is 12.1 Å². The van der Waals surface area contributed by atoms with E-state index < -0.39 is 5.95 Å². The fourth-order valence-corrected chi connectivity index (χ4v) is 2.27. The monoisotopic (exact) mass is 261 g/mol. The molecule has 19 heavy (non-hydrogen) atoms. The molecule has 2 heterocycles. The normalized spacial score (nSPS) is 17.1. The molecule has 0 fully saturated rings. The molecule has 2 aromatic rings. The Kier molecular flexibility index (Phi) is 3.78. The number of rotatable bonds is 1. The molecule has 4 nitrogen and oxygen atoms in total. The average molecular weight is 261 g/mol. The molecule has 1 atom stereocenters. The van der Waals surface area contributed by atoms with Crippen molar-refractivity contribution in [1.29, 1.82) is 0 Å². The summed E-state index contributed by atoms with van der Waals surface area (Å²) in [6.45, 7) is 0.529. The van der Waals surface area contributed by atoms with Crippen molar-refractivity contribution in [1.82, 2.24) is 11.1 Å². The molecular weight excluding hydrogens is 245 g/mol. The van der Waals surface area contributed by atoms with Crippen molar-refractivity contribution < 1.29 is 9.13 Å². The highest BCUT2D eigenvalue weighted by atomic mass is 19.1. The second kappa shape index (κ2) is 5.34. The maximum atomic E-state index is 13.2. The molecule has 1 aromatic heterocycles. The Morgan fingerprint density at radius 2 is 2.16 bits per heavy atom. The van der Waals surface area contributed by atoms with E-state index in [9.17, 15) is 4.39 Å². The lowest BCUT2D eigenvalue weighted by Gasteiger charge is -2.24. The number of benzene rings is 1. The van der Waals surface area contributed by atoms with Gasteiger partial charge in [0.1, 0.15) is 12.4 Å². The predicted molar refractivity (Wildman–Crippen MR) is 71.8 cm³/mol. The van der Waals surface area contributed by atoms with Gasteiger partial charge >= 0.3 is 0 Å². The van der Waals surface area contributed by atoms with Crippen molar-refractivity contribution in [2.24, 2.45) is 5.73 Å². The fourth-order valence-electron chi connectivity index (χ4n) is 2.27. The van der Waals surface area contributed by atoms with Crippen molar-refractivity contribution >= 4 is 0 Å². The molecule has 100 valence electrons. The number of aromatic nitrogens is 1. The number of hydrogen-bond donors (Lipinski definition) is 2. The van der Waals surface area contributed by atoms with Crippen molar-refractivity contribution in [2.45, 2.75) is 12.5 Å². The zero-order chi connectivity index (χ0) is 12.5. The van der Waals surface area contributed by atoms with Gasteiger partial charge in [-0.2, -0.15) is 4.39 Å². The number of nitrogens with two attached hydrogens (primary N) is 1. The first-order chi connectivity index (χ1) is 8.74. The van der Waals surface area contributed by atoms with Crippen molar-refractivity contribution in [3.8, 4) is 16.9 Å². The Bertz CT molecular complexity index is 589. The molecular formula is C14H16FN3O. The molecule has 0 saturated heterocycles. The van der Waals surface area contributed by atoms with Gasteiger partial charge in [0, 0.05) is 23.9 Å². The number of hydrogen-bond acceptors (Lipinski definition) is 4. The molecule has 0 radical (unpaired) electrons. The highest BCUT2D eigenvalue weighted by molar-refractivity contribution is 5.70. The molecule has 0 unspecified atom stereocenters. The largest absolute Gasteiger partial charge is 0.492 e. The summed E-state index contributed by atoms with van der Waals surface area (Å²) >= 11 is 0. The van der Waals surface area contributed by atoms with Crippen LogP contribution >= 0.6 is 0 Å². The average Bonchev–Trinajstić information content (AvgIpc) is 2.38. The molecule has 0 bridgehead atoms. The summed E-state index contributed by atoms with van der Waals surface area (Å²) < 4.78 is 18.8. The van der Waals surface area contributed by atoms with Gasteiger partial charge in [-0.15, -0.1) is 0 Å². The Balaban J connectivity index is 0.00000133. The number of ether oxygens (including phenoxy) is 1. The van der Waals surface area contributed by atoms with Gasteiger partial charge in [-0.25, -0.2) is 4.98 Å². The van der Waals surface area contributed by atoms with E-state index in [1.165, 1.54) is 12.3 Å². The van der Waals surface area contributed by atoms with Crippen LogP contribution in [0.3, 0.4) is 0 Å². The maximum absolute atomic E-state index is 13.2. The Morgan fingerprint density at radius 3 is 2.95 bits per heavy atom. The molecule has 1 aliphatic heterocycles. The molecule has 0 aliphatic carbocycles. The summed E-state index contributed by atoms with van der Waals surface area (Å²) in [7, 11) is 0. The quantitative estimate of drug-likeness (QED) is 0.772. The SMILES string of the molecule is N.N[C@@H]1COc2cccc(-c3ccnc(F)c3)c2C1. The Labute approximate surface area is 111 Å². The van der Waals surface area contributed by atoms with Gasteiger partial charge in [0.05, 0.1) is 0 Å². The fraction of sp³-hybridized carbons (Fsp3) is 0.214. The molecule has 0 spiro atoms. The van der Waals surface area contributed by atoms with Gasteiger partial charge < -0.3 is 16.6 Å². The van der Waals surface area contributed by atoms with E-state index >= 15 is 0 Å². The van der Waals surface area contributed by atoms with Crippen LogP contribution in [-0.2, 0) is 6.42 Å². The van der Waals surface area contributed by atoms with Gasteiger partial charge in [0.25, 0.3) is 0 Å². The smallest absolute Gasteiger partial charge is 0.213 e. The third-order valence-electron chi connectivity index (χ3n) is 3.09. The molecule has 1 aromatic carbocycles.